The van der Waals surface area contributed by atoms with Crippen molar-refractivity contribution in [2.75, 3.05) is 7.11 Å². The molecule has 0 saturated heterocycles. The molecule has 0 bridgehead atoms. The minimum absolute atomic E-state index is 0.338. The van der Waals surface area contributed by atoms with Crippen LogP contribution in [0.25, 0.3) is 0 Å². The van der Waals surface area contributed by atoms with E-state index in [-0.39, 0.29) is 0 Å². The molecule has 1 aromatic rings. The van der Waals surface area contributed by atoms with Gasteiger partial charge in [0.15, 0.2) is 0 Å². The van der Waals surface area contributed by atoms with Crippen molar-refractivity contribution in [1.82, 2.24) is 10.5 Å². The van der Waals surface area contributed by atoms with Crippen LogP contribution in [0.2, 0.25) is 0 Å². The lowest BCUT2D eigenvalue weighted by Gasteiger charge is -2.27. The van der Waals surface area contributed by atoms with Gasteiger partial charge in [0.2, 0.25) is 11.5 Å². The highest BCUT2D eigenvalue weighted by molar-refractivity contribution is 7.09. The molecule has 102 valence electrons. The topological polar surface area (TPSA) is 71.5 Å². The van der Waals surface area contributed by atoms with E-state index in [9.17, 15) is 23.1 Å². The first kappa shape index (κ1) is 14.9. The summed E-state index contributed by atoms with van der Waals surface area (Å²) in [4.78, 5) is 19.0. The third kappa shape index (κ3) is 2.98. The van der Waals surface area contributed by atoms with E-state index in [1.807, 2.05) is 0 Å². The summed E-state index contributed by atoms with van der Waals surface area (Å²) in [5.74, 6) is -1.09. The van der Waals surface area contributed by atoms with Crippen LogP contribution >= 0.6 is 11.3 Å². The van der Waals surface area contributed by atoms with Gasteiger partial charge in [-0.15, -0.1) is 11.3 Å². The maximum Gasteiger partial charge on any atom is 0.424 e. The molecule has 0 aliphatic heterocycles. The lowest BCUT2D eigenvalue weighted by molar-refractivity contribution is -0.268. The Morgan fingerprint density at radius 2 is 2.22 bits per heavy atom. The number of nitrogens with one attached hydrogen (secondary N) is 1. The van der Waals surface area contributed by atoms with Crippen molar-refractivity contribution < 1.29 is 27.9 Å². The van der Waals surface area contributed by atoms with Crippen LogP contribution in [0.4, 0.5) is 13.2 Å². The van der Waals surface area contributed by atoms with Crippen LogP contribution in [0.5, 0.6) is 0 Å². The number of carbonyl (C=O) groups is 1. The second kappa shape index (κ2) is 5.21. The molecule has 0 spiro atoms. The Kier molecular flexibility index (Phi) is 4.30. The van der Waals surface area contributed by atoms with Gasteiger partial charge in [-0.3, -0.25) is 9.63 Å². The standard InChI is InChI=1S/C9H11F3N2O3S/c1-5-4-18-7(13-5)8(16,9(10,11)12)3-6(15)14-17-2/h4,16H,3H2,1-2H3,(H,14,15). The number of alkyl halides is 3. The predicted octanol–water partition coefficient (Wildman–Crippen LogP) is 1.27. The summed E-state index contributed by atoms with van der Waals surface area (Å²) in [7, 11) is 1.08. The van der Waals surface area contributed by atoms with Crippen LogP contribution in [0.15, 0.2) is 5.38 Å². The van der Waals surface area contributed by atoms with Crippen molar-refractivity contribution in [2.24, 2.45) is 0 Å². The Balaban J connectivity index is 3.08. The van der Waals surface area contributed by atoms with E-state index in [1.165, 1.54) is 12.3 Å². The van der Waals surface area contributed by atoms with Crippen LogP contribution in [0, 0.1) is 6.92 Å². The second-order valence-electron chi connectivity index (χ2n) is 3.56. The lowest BCUT2D eigenvalue weighted by Crippen LogP contribution is -2.46. The van der Waals surface area contributed by atoms with Crippen molar-refractivity contribution in [3.05, 3.63) is 16.1 Å². The maximum absolute atomic E-state index is 12.9. The molecule has 1 amide bonds. The van der Waals surface area contributed by atoms with Crippen LogP contribution in [-0.2, 0) is 15.2 Å². The highest BCUT2D eigenvalue weighted by atomic mass is 32.1. The smallest absolute Gasteiger partial charge is 0.374 e. The number of aromatic nitrogens is 1. The zero-order valence-electron chi connectivity index (χ0n) is 9.54. The molecule has 0 aliphatic rings. The van der Waals surface area contributed by atoms with Gasteiger partial charge >= 0.3 is 6.18 Å². The minimum atomic E-state index is -5.01. The number of nitrogens with zero attached hydrogens (tertiary/aromatic N) is 1. The molecular weight excluding hydrogens is 273 g/mol. The van der Waals surface area contributed by atoms with E-state index in [4.69, 9.17) is 0 Å². The van der Waals surface area contributed by atoms with Gasteiger partial charge in [0, 0.05) is 11.1 Å². The van der Waals surface area contributed by atoms with Crippen LogP contribution in [0.1, 0.15) is 17.1 Å². The fourth-order valence-corrected chi connectivity index (χ4v) is 2.14. The van der Waals surface area contributed by atoms with E-state index in [1.54, 1.807) is 5.48 Å². The van der Waals surface area contributed by atoms with Gasteiger partial charge in [-0.05, 0) is 6.92 Å². The zero-order chi connectivity index (χ0) is 14.0. The van der Waals surface area contributed by atoms with E-state index < -0.39 is 29.1 Å². The molecule has 0 aliphatic carbocycles. The van der Waals surface area contributed by atoms with E-state index in [0.29, 0.717) is 17.0 Å². The summed E-state index contributed by atoms with van der Waals surface area (Å²) in [6.07, 6.45) is -6.22. The van der Waals surface area contributed by atoms with Gasteiger partial charge in [0.1, 0.15) is 5.01 Å². The Bertz CT molecular complexity index is 435. The molecule has 1 unspecified atom stereocenters. The molecule has 0 saturated carbocycles. The molecule has 18 heavy (non-hydrogen) atoms. The molecule has 1 atom stereocenters. The zero-order valence-corrected chi connectivity index (χ0v) is 10.4. The van der Waals surface area contributed by atoms with Gasteiger partial charge in [0.25, 0.3) is 0 Å². The van der Waals surface area contributed by atoms with Crippen molar-refractivity contribution in [3.63, 3.8) is 0 Å². The van der Waals surface area contributed by atoms with Gasteiger partial charge < -0.3 is 5.11 Å². The number of hydrogen-bond donors (Lipinski definition) is 2. The number of halogens is 3. The number of rotatable bonds is 4. The highest BCUT2D eigenvalue weighted by Gasteiger charge is 2.58. The average molecular weight is 284 g/mol. The first-order chi connectivity index (χ1) is 8.20. The van der Waals surface area contributed by atoms with E-state index in [2.05, 4.69) is 9.82 Å². The summed E-state index contributed by atoms with van der Waals surface area (Å²) in [6.45, 7) is 1.49. The third-order valence-electron chi connectivity index (χ3n) is 2.07. The van der Waals surface area contributed by atoms with Crippen molar-refractivity contribution in [3.8, 4) is 0 Å². The SMILES string of the molecule is CONC(=O)CC(O)(c1nc(C)cs1)C(F)(F)F. The van der Waals surface area contributed by atoms with Gasteiger partial charge in [0.05, 0.1) is 13.5 Å². The molecule has 2 N–H and O–H groups in total. The quantitative estimate of drug-likeness (QED) is 0.817. The van der Waals surface area contributed by atoms with Crippen molar-refractivity contribution >= 4 is 17.2 Å². The first-order valence-electron chi connectivity index (χ1n) is 4.74. The Labute approximate surface area is 105 Å². The second-order valence-corrected chi connectivity index (χ2v) is 4.42. The Hall–Kier alpha value is -1.19. The lowest BCUT2D eigenvalue weighted by atomic mass is 9.99. The Morgan fingerprint density at radius 3 is 2.61 bits per heavy atom. The first-order valence-corrected chi connectivity index (χ1v) is 5.62. The molecule has 0 radical (unpaired) electrons. The highest BCUT2D eigenvalue weighted by Crippen LogP contribution is 2.42. The molecule has 5 nitrogen and oxygen atoms in total. The minimum Gasteiger partial charge on any atom is -0.374 e. The van der Waals surface area contributed by atoms with Crippen LogP contribution in [0.3, 0.4) is 0 Å². The largest absolute Gasteiger partial charge is 0.424 e. The number of amides is 1. The summed E-state index contributed by atoms with van der Waals surface area (Å²) in [5, 5.41) is 10.5. The Morgan fingerprint density at radius 1 is 1.61 bits per heavy atom. The molecular formula is C9H11F3N2O3S. The summed E-state index contributed by atoms with van der Waals surface area (Å²) in [6, 6.07) is 0. The van der Waals surface area contributed by atoms with E-state index >= 15 is 0 Å². The molecule has 0 fully saturated rings. The molecule has 1 heterocycles. The summed E-state index contributed by atoms with van der Waals surface area (Å²) >= 11 is 0.642. The summed E-state index contributed by atoms with van der Waals surface area (Å²) in [5.41, 5.74) is -1.25. The number of hydroxylamine groups is 1. The number of hydrogen-bond acceptors (Lipinski definition) is 5. The normalized spacial score (nSPS) is 15.2. The summed E-state index contributed by atoms with van der Waals surface area (Å²) < 4.78 is 38.7. The van der Waals surface area contributed by atoms with Gasteiger partial charge in [-0.2, -0.15) is 13.2 Å². The van der Waals surface area contributed by atoms with Crippen LogP contribution < -0.4 is 5.48 Å². The molecule has 1 rings (SSSR count). The molecule has 9 heteroatoms. The fourth-order valence-electron chi connectivity index (χ4n) is 1.22. The maximum atomic E-state index is 12.9. The predicted molar refractivity (Wildman–Crippen MR) is 56.6 cm³/mol. The number of aliphatic hydroxyl groups is 1. The van der Waals surface area contributed by atoms with Gasteiger partial charge in [-0.1, -0.05) is 0 Å². The molecule has 1 aromatic heterocycles. The fraction of sp³-hybridized carbons (Fsp3) is 0.556. The molecule has 0 aromatic carbocycles. The van der Waals surface area contributed by atoms with Gasteiger partial charge in [-0.25, -0.2) is 10.5 Å². The van der Waals surface area contributed by atoms with Crippen LogP contribution in [-0.4, -0.2) is 29.3 Å². The van der Waals surface area contributed by atoms with Crippen molar-refractivity contribution in [2.45, 2.75) is 25.1 Å². The monoisotopic (exact) mass is 284 g/mol. The van der Waals surface area contributed by atoms with Crippen molar-refractivity contribution in [1.29, 1.82) is 0 Å². The number of carbonyl (C=O) groups excluding carboxylic acids is 1. The van der Waals surface area contributed by atoms with E-state index in [0.717, 1.165) is 7.11 Å². The third-order valence-corrected chi connectivity index (χ3v) is 3.19. The average Bonchev–Trinajstić information content (AvgIpc) is 2.63. The number of thiazole rings is 1. The number of aryl methyl sites for hydroxylation is 1.